The van der Waals surface area contributed by atoms with Gasteiger partial charge in [0.25, 0.3) is 0 Å². The van der Waals surface area contributed by atoms with Crippen molar-refractivity contribution in [1.29, 1.82) is 0 Å². The highest BCUT2D eigenvalue weighted by molar-refractivity contribution is 14.1. The molecule has 2 rings (SSSR count). The third-order valence-electron chi connectivity index (χ3n) is 3.84. The molecule has 1 saturated carbocycles. The monoisotopic (exact) mass is 370 g/mol. The average molecular weight is 370 g/mol. The number of rotatable bonds is 5. The maximum atomic E-state index is 6.33. The van der Waals surface area contributed by atoms with Gasteiger partial charge < -0.3 is 4.74 Å². The van der Waals surface area contributed by atoms with Gasteiger partial charge in [-0.2, -0.15) is 0 Å². The van der Waals surface area contributed by atoms with E-state index >= 15 is 0 Å². The molecule has 0 N–H and O–H groups in total. The van der Waals surface area contributed by atoms with Crippen molar-refractivity contribution in [2.24, 2.45) is 5.92 Å². The Bertz CT molecular complexity index is 421. The minimum Gasteiger partial charge on any atom is -0.489 e. The van der Waals surface area contributed by atoms with E-state index in [1.807, 2.05) is 0 Å². The summed E-state index contributed by atoms with van der Waals surface area (Å²) in [5, 5.41) is 0. The molecule has 0 radical (unpaired) electrons. The zero-order chi connectivity index (χ0) is 13.7. The van der Waals surface area contributed by atoms with Crippen LogP contribution in [-0.4, -0.2) is 6.10 Å². The van der Waals surface area contributed by atoms with Crippen molar-refractivity contribution in [1.82, 2.24) is 0 Å². The largest absolute Gasteiger partial charge is 0.489 e. The van der Waals surface area contributed by atoms with Crippen LogP contribution in [-0.2, 0) is 0 Å². The number of ether oxygens (including phenoxy) is 1. The van der Waals surface area contributed by atoms with Crippen molar-refractivity contribution in [2.45, 2.75) is 51.6 Å². The summed E-state index contributed by atoms with van der Waals surface area (Å²) in [5.74, 6) is 1.72. The Morgan fingerprint density at radius 1 is 1.32 bits per heavy atom. The highest BCUT2D eigenvalue weighted by Gasteiger charge is 2.25. The van der Waals surface area contributed by atoms with Crippen LogP contribution in [0.3, 0.4) is 0 Å². The van der Waals surface area contributed by atoms with Crippen molar-refractivity contribution in [3.05, 3.63) is 40.0 Å². The van der Waals surface area contributed by atoms with Crippen LogP contribution in [0.25, 0.3) is 0 Å². The first-order chi connectivity index (χ1) is 9.16. The number of hydrogen-bond acceptors (Lipinski definition) is 1. The van der Waals surface area contributed by atoms with Crippen LogP contribution in [0.5, 0.6) is 5.75 Å². The molecule has 1 aromatic carbocycles. The fourth-order valence-electron chi connectivity index (χ4n) is 2.86. The van der Waals surface area contributed by atoms with Gasteiger partial charge in [-0.3, -0.25) is 0 Å². The lowest BCUT2D eigenvalue weighted by molar-refractivity contribution is 0.107. The van der Waals surface area contributed by atoms with Crippen molar-refractivity contribution in [2.75, 3.05) is 0 Å². The summed E-state index contributed by atoms with van der Waals surface area (Å²) in [6.07, 6.45) is 7.99. The Balaban J connectivity index is 2.08. The molecule has 0 heterocycles. The highest BCUT2D eigenvalue weighted by Crippen LogP contribution is 2.32. The Labute approximate surface area is 130 Å². The summed E-state index contributed by atoms with van der Waals surface area (Å²) in [6, 6.07) is 8.30. The summed E-state index contributed by atoms with van der Waals surface area (Å²) < 4.78 is 7.52. The van der Waals surface area contributed by atoms with Gasteiger partial charge in [-0.1, -0.05) is 37.0 Å². The van der Waals surface area contributed by atoms with Gasteiger partial charge in [-0.25, -0.2) is 0 Å². The Morgan fingerprint density at radius 2 is 2.00 bits per heavy atom. The van der Waals surface area contributed by atoms with E-state index in [0.717, 1.165) is 12.2 Å². The van der Waals surface area contributed by atoms with Crippen molar-refractivity contribution in [3.63, 3.8) is 0 Å². The molecule has 1 aromatic rings. The third kappa shape index (κ3) is 4.51. The van der Waals surface area contributed by atoms with Crippen LogP contribution in [0.15, 0.2) is 36.4 Å². The molecule has 1 fully saturated rings. The summed E-state index contributed by atoms with van der Waals surface area (Å²) in [7, 11) is 0. The zero-order valence-corrected chi connectivity index (χ0v) is 13.9. The molecule has 0 amide bonds. The smallest absolute Gasteiger partial charge is 0.133 e. The van der Waals surface area contributed by atoms with Crippen LogP contribution >= 0.6 is 22.6 Å². The van der Waals surface area contributed by atoms with E-state index in [1.165, 1.54) is 41.2 Å². The molecule has 104 valence electrons. The van der Waals surface area contributed by atoms with Gasteiger partial charge in [-0.15, -0.1) is 6.58 Å². The van der Waals surface area contributed by atoms with Crippen LogP contribution in [0.4, 0.5) is 0 Å². The van der Waals surface area contributed by atoms with E-state index in [4.69, 9.17) is 4.74 Å². The van der Waals surface area contributed by atoms with Crippen molar-refractivity contribution in [3.8, 4) is 5.75 Å². The summed E-state index contributed by atoms with van der Waals surface area (Å²) in [5.41, 5.74) is 1.22. The van der Waals surface area contributed by atoms with Gasteiger partial charge in [0.15, 0.2) is 0 Å². The van der Waals surface area contributed by atoms with Crippen LogP contribution in [0.1, 0.15) is 45.4 Å². The van der Waals surface area contributed by atoms with Crippen molar-refractivity contribution >= 4 is 22.6 Å². The molecule has 1 atom stereocenters. The lowest BCUT2D eigenvalue weighted by Crippen LogP contribution is -2.29. The van der Waals surface area contributed by atoms with Crippen LogP contribution < -0.4 is 4.74 Å². The SMILES string of the molecule is C=C(C)CC(Oc1ccccc1I)C1CCCCC1. The topological polar surface area (TPSA) is 9.23 Å². The molecule has 0 spiro atoms. The number of halogens is 1. The molecule has 0 saturated heterocycles. The third-order valence-corrected chi connectivity index (χ3v) is 4.73. The Kier molecular flexibility index (Phi) is 5.74. The van der Waals surface area contributed by atoms with Crippen LogP contribution in [0.2, 0.25) is 0 Å². The fourth-order valence-corrected chi connectivity index (χ4v) is 3.37. The standard InChI is InChI=1S/C17H23IO/c1-13(2)12-17(14-8-4-3-5-9-14)19-16-11-7-6-10-15(16)18/h6-7,10-11,14,17H,1,3-5,8-9,12H2,2H3. The van der Waals surface area contributed by atoms with E-state index < -0.39 is 0 Å². The molecular weight excluding hydrogens is 347 g/mol. The molecule has 0 aromatic heterocycles. The summed E-state index contributed by atoms with van der Waals surface area (Å²) in [6.45, 7) is 6.18. The van der Waals surface area contributed by atoms with Crippen LogP contribution in [0, 0.1) is 9.49 Å². The van der Waals surface area contributed by atoms with E-state index in [1.54, 1.807) is 0 Å². The van der Waals surface area contributed by atoms with Crippen molar-refractivity contribution < 1.29 is 4.74 Å². The molecule has 1 unspecified atom stereocenters. The van der Waals surface area contributed by atoms with Gasteiger partial charge >= 0.3 is 0 Å². The van der Waals surface area contributed by atoms with Gasteiger partial charge in [0.1, 0.15) is 11.9 Å². The van der Waals surface area contributed by atoms with Gasteiger partial charge in [0, 0.05) is 6.42 Å². The van der Waals surface area contributed by atoms with Gasteiger partial charge in [0.05, 0.1) is 3.57 Å². The first-order valence-electron chi connectivity index (χ1n) is 7.22. The maximum Gasteiger partial charge on any atom is 0.133 e. The minimum absolute atomic E-state index is 0.300. The molecule has 1 aliphatic carbocycles. The molecule has 0 bridgehead atoms. The Hall–Kier alpha value is -0.510. The first-order valence-corrected chi connectivity index (χ1v) is 8.30. The quantitative estimate of drug-likeness (QED) is 0.485. The minimum atomic E-state index is 0.300. The first kappa shape index (κ1) is 14.9. The second-order valence-corrected chi connectivity index (χ2v) is 6.81. The normalized spacial score (nSPS) is 18.0. The zero-order valence-electron chi connectivity index (χ0n) is 11.7. The van der Waals surface area contributed by atoms with E-state index in [-0.39, 0.29) is 0 Å². The molecule has 1 nitrogen and oxygen atoms in total. The maximum absolute atomic E-state index is 6.33. The summed E-state index contributed by atoms with van der Waals surface area (Å²) >= 11 is 2.35. The highest BCUT2D eigenvalue weighted by atomic mass is 127. The molecule has 19 heavy (non-hydrogen) atoms. The lowest BCUT2D eigenvalue weighted by Gasteiger charge is -2.31. The number of para-hydroxylation sites is 1. The second-order valence-electron chi connectivity index (χ2n) is 5.65. The Morgan fingerprint density at radius 3 is 2.63 bits per heavy atom. The van der Waals surface area contributed by atoms with E-state index in [2.05, 4.69) is 60.4 Å². The molecule has 2 heteroatoms. The number of benzene rings is 1. The summed E-state index contributed by atoms with van der Waals surface area (Å²) in [4.78, 5) is 0. The van der Waals surface area contributed by atoms with E-state index in [0.29, 0.717) is 12.0 Å². The second kappa shape index (κ2) is 7.32. The lowest BCUT2D eigenvalue weighted by atomic mass is 9.83. The predicted molar refractivity (Wildman–Crippen MR) is 89.6 cm³/mol. The van der Waals surface area contributed by atoms with Gasteiger partial charge in [0.2, 0.25) is 0 Å². The predicted octanol–water partition coefficient (Wildman–Crippen LogP) is 5.59. The van der Waals surface area contributed by atoms with Gasteiger partial charge in [-0.05, 0) is 60.4 Å². The molecular formula is C17H23IO. The fraction of sp³-hybridized carbons (Fsp3) is 0.529. The van der Waals surface area contributed by atoms with E-state index in [9.17, 15) is 0 Å². The average Bonchev–Trinajstić information content (AvgIpc) is 2.41. The number of hydrogen-bond donors (Lipinski definition) is 0. The molecule has 0 aliphatic heterocycles. The molecule has 1 aliphatic rings.